The smallest absolute Gasteiger partial charge is 0.264 e. The first-order valence-corrected chi connectivity index (χ1v) is 7.37. The molecule has 1 atom stereocenters. The molecule has 5 nitrogen and oxygen atoms in total. The van der Waals surface area contributed by atoms with Crippen LogP contribution in [0.15, 0.2) is 35.2 Å². The van der Waals surface area contributed by atoms with Gasteiger partial charge in [0.05, 0.1) is 4.90 Å². The topological polar surface area (TPSA) is 75.3 Å². The van der Waals surface area contributed by atoms with Gasteiger partial charge in [0, 0.05) is 6.42 Å². The van der Waals surface area contributed by atoms with Crippen LogP contribution in [0.4, 0.5) is 0 Å². The van der Waals surface area contributed by atoms with Crippen LogP contribution in [0.5, 0.6) is 0 Å². The van der Waals surface area contributed by atoms with Crippen molar-refractivity contribution in [3.63, 3.8) is 0 Å². The van der Waals surface area contributed by atoms with E-state index >= 15 is 0 Å². The predicted octanol–water partition coefficient (Wildman–Crippen LogP) is 0.491. The van der Waals surface area contributed by atoms with Gasteiger partial charge in [0.25, 0.3) is 10.0 Å². The molecule has 1 aromatic rings. The second-order valence-corrected chi connectivity index (χ2v) is 6.09. The molecule has 0 bridgehead atoms. The van der Waals surface area contributed by atoms with E-state index in [0.29, 0.717) is 0 Å². The number of sulfonamides is 1. The Bertz CT molecular complexity index is 507. The molecule has 6 heteroatoms. The molecule has 98 valence electrons. The normalized spacial score (nSPS) is 19.7. The lowest BCUT2D eigenvalue weighted by Gasteiger charge is -2.09. The summed E-state index contributed by atoms with van der Waals surface area (Å²) in [6, 6.07) is 7.91. The molecule has 1 amide bonds. The minimum atomic E-state index is -3.72. The molecule has 18 heavy (non-hydrogen) atoms. The van der Waals surface area contributed by atoms with Crippen molar-refractivity contribution in [2.45, 2.75) is 17.7 Å². The van der Waals surface area contributed by atoms with Crippen LogP contribution in [0.1, 0.15) is 12.8 Å². The number of hydrogen-bond acceptors (Lipinski definition) is 4. The summed E-state index contributed by atoms with van der Waals surface area (Å²) >= 11 is 0. The number of carbonyl (C=O) groups excluding carboxylic acids is 1. The van der Waals surface area contributed by atoms with E-state index in [1.54, 1.807) is 18.2 Å². The minimum Gasteiger partial charge on any atom is -0.316 e. The van der Waals surface area contributed by atoms with Crippen molar-refractivity contribution < 1.29 is 13.2 Å². The van der Waals surface area contributed by atoms with Crippen LogP contribution in [0, 0.1) is 5.92 Å². The molecule has 0 aromatic heterocycles. The lowest BCUT2D eigenvalue weighted by Crippen LogP contribution is -2.32. The number of nitrogens with one attached hydrogen (secondary N) is 2. The average molecular weight is 268 g/mol. The summed E-state index contributed by atoms with van der Waals surface area (Å²) in [6.07, 6.45) is 1.16. The molecule has 0 radical (unpaired) electrons. The lowest BCUT2D eigenvalue weighted by molar-refractivity contribution is -0.120. The van der Waals surface area contributed by atoms with Crippen molar-refractivity contribution in [2.75, 3.05) is 13.1 Å². The van der Waals surface area contributed by atoms with Gasteiger partial charge in [-0.05, 0) is 37.6 Å². The van der Waals surface area contributed by atoms with Crippen LogP contribution < -0.4 is 10.0 Å². The molecule has 1 saturated heterocycles. The first-order chi connectivity index (χ1) is 8.58. The van der Waals surface area contributed by atoms with Crippen molar-refractivity contribution in [3.8, 4) is 0 Å². The van der Waals surface area contributed by atoms with E-state index in [-0.39, 0.29) is 17.2 Å². The van der Waals surface area contributed by atoms with E-state index in [0.717, 1.165) is 19.5 Å². The lowest BCUT2D eigenvalue weighted by atomic mass is 10.1. The molecule has 1 aliphatic rings. The summed E-state index contributed by atoms with van der Waals surface area (Å²) in [5.41, 5.74) is 0. The molecule has 1 aromatic carbocycles. The fourth-order valence-corrected chi connectivity index (χ4v) is 3.02. The average Bonchev–Trinajstić information content (AvgIpc) is 2.82. The molecule has 2 rings (SSSR count). The number of amides is 1. The molecule has 1 fully saturated rings. The summed E-state index contributed by atoms with van der Waals surface area (Å²) in [5, 5.41) is 3.14. The van der Waals surface area contributed by atoms with Gasteiger partial charge >= 0.3 is 0 Å². The number of rotatable bonds is 4. The van der Waals surface area contributed by atoms with Gasteiger partial charge in [0.1, 0.15) is 0 Å². The monoisotopic (exact) mass is 268 g/mol. The maximum atomic E-state index is 11.9. The third-order valence-electron chi connectivity index (χ3n) is 2.94. The standard InChI is InChI=1S/C12H16N2O3S/c15-12(8-10-6-7-13-9-10)14-18(16,17)11-4-2-1-3-5-11/h1-5,10,13H,6-9H2,(H,14,15). The Hall–Kier alpha value is -1.40. The summed E-state index contributed by atoms with van der Waals surface area (Å²) in [7, 11) is -3.72. The fraction of sp³-hybridized carbons (Fsp3) is 0.417. The second-order valence-electron chi connectivity index (χ2n) is 4.40. The highest BCUT2D eigenvalue weighted by atomic mass is 32.2. The van der Waals surface area contributed by atoms with Crippen molar-refractivity contribution in [1.82, 2.24) is 10.0 Å². The molecular weight excluding hydrogens is 252 g/mol. The molecule has 1 unspecified atom stereocenters. The number of carbonyl (C=O) groups is 1. The molecule has 2 N–H and O–H groups in total. The molecule has 0 saturated carbocycles. The summed E-state index contributed by atoms with van der Waals surface area (Å²) in [6.45, 7) is 1.67. The van der Waals surface area contributed by atoms with E-state index in [9.17, 15) is 13.2 Å². The van der Waals surface area contributed by atoms with E-state index in [1.165, 1.54) is 12.1 Å². The van der Waals surface area contributed by atoms with Crippen molar-refractivity contribution in [1.29, 1.82) is 0 Å². The SMILES string of the molecule is O=C(CC1CCNC1)NS(=O)(=O)c1ccccc1. The maximum Gasteiger partial charge on any atom is 0.264 e. The van der Waals surface area contributed by atoms with Gasteiger partial charge in [-0.1, -0.05) is 18.2 Å². The van der Waals surface area contributed by atoms with Gasteiger partial charge in [0.2, 0.25) is 5.91 Å². The van der Waals surface area contributed by atoms with E-state index in [4.69, 9.17) is 0 Å². The van der Waals surface area contributed by atoms with Crippen LogP contribution >= 0.6 is 0 Å². The Morgan fingerprint density at radius 3 is 2.67 bits per heavy atom. The Kier molecular flexibility index (Phi) is 3.98. The van der Waals surface area contributed by atoms with Crippen LogP contribution in [0.25, 0.3) is 0 Å². The van der Waals surface area contributed by atoms with Crippen molar-refractivity contribution >= 4 is 15.9 Å². The Balaban J connectivity index is 1.98. The Morgan fingerprint density at radius 1 is 1.33 bits per heavy atom. The van der Waals surface area contributed by atoms with E-state index < -0.39 is 15.9 Å². The quantitative estimate of drug-likeness (QED) is 0.833. The maximum absolute atomic E-state index is 11.9. The van der Waals surface area contributed by atoms with Crippen LogP contribution in [-0.2, 0) is 14.8 Å². The molecule has 1 aliphatic heterocycles. The second kappa shape index (κ2) is 5.49. The molecule has 0 aliphatic carbocycles. The predicted molar refractivity (Wildman–Crippen MR) is 67.4 cm³/mol. The van der Waals surface area contributed by atoms with E-state index in [2.05, 4.69) is 10.0 Å². The summed E-state index contributed by atoms with van der Waals surface area (Å²) < 4.78 is 25.8. The Labute approximate surface area is 107 Å². The third-order valence-corrected chi connectivity index (χ3v) is 4.33. The minimum absolute atomic E-state index is 0.114. The molecular formula is C12H16N2O3S. The number of hydrogen-bond donors (Lipinski definition) is 2. The van der Waals surface area contributed by atoms with Gasteiger partial charge in [-0.25, -0.2) is 13.1 Å². The molecule has 0 spiro atoms. The van der Waals surface area contributed by atoms with Crippen molar-refractivity contribution in [2.24, 2.45) is 5.92 Å². The zero-order valence-electron chi connectivity index (χ0n) is 9.93. The molecule has 1 heterocycles. The van der Waals surface area contributed by atoms with Crippen LogP contribution in [-0.4, -0.2) is 27.4 Å². The largest absolute Gasteiger partial charge is 0.316 e. The summed E-state index contributed by atoms with van der Waals surface area (Å²) in [5.74, 6) is -0.205. The first-order valence-electron chi connectivity index (χ1n) is 5.89. The van der Waals surface area contributed by atoms with Gasteiger partial charge in [0.15, 0.2) is 0 Å². The highest BCUT2D eigenvalue weighted by molar-refractivity contribution is 7.90. The number of benzene rings is 1. The van der Waals surface area contributed by atoms with Crippen LogP contribution in [0.3, 0.4) is 0 Å². The zero-order valence-corrected chi connectivity index (χ0v) is 10.7. The zero-order chi connectivity index (χ0) is 13.0. The van der Waals surface area contributed by atoms with E-state index in [1.807, 2.05) is 0 Å². The fourth-order valence-electron chi connectivity index (χ4n) is 2.00. The van der Waals surface area contributed by atoms with Gasteiger partial charge in [-0.15, -0.1) is 0 Å². The van der Waals surface area contributed by atoms with Gasteiger partial charge < -0.3 is 5.32 Å². The van der Waals surface area contributed by atoms with Crippen LogP contribution in [0.2, 0.25) is 0 Å². The highest BCUT2D eigenvalue weighted by Crippen LogP contribution is 2.13. The third kappa shape index (κ3) is 3.30. The van der Waals surface area contributed by atoms with Crippen molar-refractivity contribution in [3.05, 3.63) is 30.3 Å². The first kappa shape index (κ1) is 13.0. The summed E-state index contributed by atoms with van der Waals surface area (Å²) in [4.78, 5) is 11.8. The van der Waals surface area contributed by atoms with Gasteiger partial charge in [-0.2, -0.15) is 0 Å². The Morgan fingerprint density at radius 2 is 2.06 bits per heavy atom. The highest BCUT2D eigenvalue weighted by Gasteiger charge is 2.22. The van der Waals surface area contributed by atoms with Gasteiger partial charge in [-0.3, -0.25) is 4.79 Å².